The van der Waals surface area contributed by atoms with Crippen molar-refractivity contribution < 1.29 is 4.79 Å². The summed E-state index contributed by atoms with van der Waals surface area (Å²) < 4.78 is 0. The maximum Gasteiger partial charge on any atom is 0.262 e. The van der Waals surface area contributed by atoms with Gasteiger partial charge in [0.15, 0.2) is 0 Å². The van der Waals surface area contributed by atoms with Crippen LogP contribution in [0.15, 0.2) is 72.8 Å². The van der Waals surface area contributed by atoms with E-state index in [0.29, 0.717) is 5.56 Å². The van der Waals surface area contributed by atoms with E-state index >= 15 is 0 Å². The topological polar surface area (TPSA) is 35.6 Å². The minimum Gasteiger partial charge on any atom is -0.378 e. The number of amides is 1. The average molecular weight is 371 g/mol. The molecule has 1 aliphatic rings. The minimum atomic E-state index is -0.251. The number of rotatable bonds is 4. The molecule has 0 saturated carbocycles. The third-order valence-electron chi connectivity index (χ3n) is 5.27. The summed E-state index contributed by atoms with van der Waals surface area (Å²) in [7, 11) is 4.02. The molecule has 0 aliphatic carbocycles. The van der Waals surface area contributed by atoms with Crippen LogP contribution in [0.2, 0.25) is 0 Å². The molecule has 4 heteroatoms. The van der Waals surface area contributed by atoms with Crippen molar-refractivity contribution in [3.05, 3.63) is 89.5 Å². The monoisotopic (exact) mass is 371 g/mol. The number of carbonyl (C=O) groups is 1. The SMILES string of the molecule is CCc1ccc([C@@H]2Nc3ccccc3C(=O)N2c2ccc(N(C)C)cc2)cc1. The highest BCUT2D eigenvalue weighted by atomic mass is 16.2. The maximum atomic E-state index is 13.4. The molecule has 0 unspecified atom stereocenters. The normalized spacial score (nSPS) is 15.8. The number of benzene rings is 3. The Labute approximate surface area is 166 Å². The number of carbonyl (C=O) groups excluding carboxylic acids is 1. The lowest BCUT2D eigenvalue weighted by atomic mass is 10.0. The van der Waals surface area contributed by atoms with E-state index in [4.69, 9.17) is 0 Å². The number of nitrogens with zero attached hydrogens (tertiary/aromatic N) is 2. The van der Waals surface area contributed by atoms with E-state index in [2.05, 4.69) is 41.4 Å². The number of hydrogen-bond acceptors (Lipinski definition) is 3. The van der Waals surface area contributed by atoms with Crippen LogP contribution in [0.4, 0.5) is 17.1 Å². The summed E-state index contributed by atoms with van der Waals surface area (Å²) in [6, 6.07) is 24.3. The van der Waals surface area contributed by atoms with E-state index < -0.39 is 0 Å². The van der Waals surface area contributed by atoms with Gasteiger partial charge < -0.3 is 10.2 Å². The summed E-state index contributed by atoms with van der Waals surface area (Å²) in [5, 5.41) is 3.56. The molecule has 0 saturated heterocycles. The lowest BCUT2D eigenvalue weighted by Gasteiger charge is -2.38. The molecule has 0 radical (unpaired) electrons. The number of para-hydroxylation sites is 1. The van der Waals surface area contributed by atoms with Crippen molar-refractivity contribution >= 4 is 23.0 Å². The third kappa shape index (κ3) is 3.22. The number of hydrogen-bond donors (Lipinski definition) is 1. The van der Waals surface area contributed by atoms with E-state index in [1.165, 1.54) is 5.56 Å². The summed E-state index contributed by atoms with van der Waals surface area (Å²) in [4.78, 5) is 17.3. The molecule has 3 aromatic rings. The molecule has 1 heterocycles. The molecule has 1 aliphatic heterocycles. The zero-order valence-electron chi connectivity index (χ0n) is 16.5. The Bertz CT molecular complexity index is 977. The first-order valence-corrected chi connectivity index (χ1v) is 9.64. The molecule has 3 aromatic carbocycles. The molecular formula is C24H25N3O. The first-order chi connectivity index (χ1) is 13.6. The highest BCUT2D eigenvalue weighted by Crippen LogP contribution is 2.37. The first kappa shape index (κ1) is 18.1. The van der Waals surface area contributed by atoms with Crippen molar-refractivity contribution in [3.63, 3.8) is 0 Å². The lowest BCUT2D eigenvalue weighted by Crippen LogP contribution is -2.43. The van der Waals surface area contributed by atoms with Gasteiger partial charge in [0, 0.05) is 31.2 Å². The third-order valence-corrected chi connectivity index (χ3v) is 5.27. The molecule has 142 valence electrons. The smallest absolute Gasteiger partial charge is 0.262 e. The van der Waals surface area contributed by atoms with Crippen molar-refractivity contribution in [2.45, 2.75) is 19.5 Å². The molecule has 28 heavy (non-hydrogen) atoms. The van der Waals surface area contributed by atoms with Crippen LogP contribution in [0, 0.1) is 0 Å². The fraction of sp³-hybridized carbons (Fsp3) is 0.208. The van der Waals surface area contributed by atoms with Crippen LogP contribution in [0.1, 0.15) is 34.6 Å². The van der Waals surface area contributed by atoms with Gasteiger partial charge in [0.25, 0.3) is 5.91 Å². The highest BCUT2D eigenvalue weighted by Gasteiger charge is 2.33. The van der Waals surface area contributed by atoms with E-state index in [9.17, 15) is 4.79 Å². The van der Waals surface area contributed by atoms with Crippen LogP contribution in [0.3, 0.4) is 0 Å². The highest BCUT2D eigenvalue weighted by molar-refractivity contribution is 6.12. The second kappa shape index (κ2) is 7.39. The standard InChI is InChI=1S/C24H25N3O/c1-4-17-9-11-18(12-10-17)23-25-22-8-6-5-7-21(22)24(28)27(23)20-15-13-19(14-16-20)26(2)3/h5-16,23,25H,4H2,1-3H3/t23-/m1/s1. The van der Waals surface area contributed by atoms with Gasteiger partial charge in [-0.05, 0) is 53.9 Å². The van der Waals surface area contributed by atoms with Gasteiger partial charge in [0.05, 0.1) is 5.56 Å². The number of nitrogens with one attached hydrogen (secondary N) is 1. The van der Waals surface area contributed by atoms with Crippen molar-refractivity contribution in [2.24, 2.45) is 0 Å². The van der Waals surface area contributed by atoms with Crippen LogP contribution in [-0.2, 0) is 6.42 Å². The fourth-order valence-corrected chi connectivity index (χ4v) is 3.60. The van der Waals surface area contributed by atoms with Gasteiger partial charge in [-0.3, -0.25) is 9.69 Å². The van der Waals surface area contributed by atoms with Crippen molar-refractivity contribution in [2.75, 3.05) is 29.2 Å². The van der Waals surface area contributed by atoms with Crippen LogP contribution < -0.4 is 15.1 Å². The Morgan fingerprint density at radius 3 is 2.25 bits per heavy atom. The quantitative estimate of drug-likeness (QED) is 0.694. The van der Waals surface area contributed by atoms with E-state index in [-0.39, 0.29) is 12.1 Å². The van der Waals surface area contributed by atoms with Crippen LogP contribution in [0.25, 0.3) is 0 Å². The van der Waals surface area contributed by atoms with Crippen molar-refractivity contribution in [3.8, 4) is 0 Å². The molecule has 0 aromatic heterocycles. The van der Waals surface area contributed by atoms with E-state index in [1.807, 2.05) is 67.5 Å². The predicted molar refractivity (Wildman–Crippen MR) is 116 cm³/mol. The van der Waals surface area contributed by atoms with Gasteiger partial charge in [-0.25, -0.2) is 0 Å². The fourth-order valence-electron chi connectivity index (χ4n) is 3.60. The minimum absolute atomic E-state index is 0.0107. The second-order valence-electron chi connectivity index (χ2n) is 7.27. The van der Waals surface area contributed by atoms with E-state index in [0.717, 1.165) is 29.0 Å². The zero-order chi connectivity index (χ0) is 19.7. The first-order valence-electron chi connectivity index (χ1n) is 9.64. The summed E-state index contributed by atoms with van der Waals surface area (Å²) >= 11 is 0. The molecule has 0 bridgehead atoms. The zero-order valence-corrected chi connectivity index (χ0v) is 16.5. The molecule has 4 rings (SSSR count). The van der Waals surface area contributed by atoms with Gasteiger partial charge in [-0.1, -0.05) is 43.3 Å². The summed E-state index contributed by atoms with van der Waals surface area (Å²) in [5.74, 6) is 0.0107. The molecule has 4 nitrogen and oxygen atoms in total. The van der Waals surface area contributed by atoms with Crippen LogP contribution >= 0.6 is 0 Å². The Balaban J connectivity index is 1.79. The Morgan fingerprint density at radius 1 is 0.929 bits per heavy atom. The number of aryl methyl sites for hydroxylation is 1. The van der Waals surface area contributed by atoms with Gasteiger partial charge >= 0.3 is 0 Å². The van der Waals surface area contributed by atoms with Gasteiger partial charge in [-0.2, -0.15) is 0 Å². The molecule has 1 N–H and O–H groups in total. The summed E-state index contributed by atoms with van der Waals surface area (Å²) in [5.41, 5.74) is 5.90. The number of anilines is 3. The van der Waals surface area contributed by atoms with Gasteiger partial charge in [0.1, 0.15) is 6.17 Å². The molecule has 1 amide bonds. The number of fused-ring (bicyclic) bond motifs is 1. The second-order valence-corrected chi connectivity index (χ2v) is 7.27. The Kier molecular flexibility index (Phi) is 4.78. The molecule has 1 atom stereocenters. The summed E-state index contributed by atoms with van der Waals surface area (Å²) in [6.45, 7) is 2.15. The van der Waals surface area contributed by atoms with Crippen LogP contribution in [0.5, 0.6) is 0 Å². The van der Waals surface area contributed by atoms with Gasteiger partial charge in [-0.15, -0.1) is 0 Å². The molecule has 0 fully saturated rings. The van der Waals surface area contributed by atoms with Gasteiger partial charge in [0.2, 0.25) is 0 Å². The largest absolute Gasteiger partial charge is 0.378 e. The Morgan fingerprint density at radius 2 is 1.61 bits per heavy atom. The molecule has 0 spiro atoms. The lowest BCUT2D eigenvalue weighted by molar-refractivity contribution is 0.0975. The molecular weight excluding hydrogens is 346 g/mol. The Hall–Kier alpha value is -3.27. The van der Waals surface area contributed by atoms with Crippen LogP contribution in [-0.4, -0.2) is 20.0 Å². The average Bonchev–Trinajstić information content (AvgIpc) is 2.74. The van der Waals surface area contributed by atoms with Crippen molar-refractivity contribution in [1.82, 2.24) is 0 Å². The maximum absolute atomic E-state index is 13.4. The summed E-state index contributed by atoms with van der Waals surface area (Å²) in [6.07, 6.45) is 0.745. The van der Waals surface area contributed by atoms with Crippen molar-refractivity contribution in [1.29, 1.82) is 0 Å². The van der Waals surface area contributed by atoms with E-state index in [1.54, 1.807) is 0 Å². The predicted octanol–water partition coefficient (Wildman–Crippen LogP) is 5.09.